The van der Waals surface area contributed by atoms with Gasteiger partial charge in [-0.15, -0.1) is 11.3 Å². The molecule has 2 N–H and O–H groups in total. The van der Waals surface area contributed by atoms with Gasteiger partial charge in [-0.25, -0.2) is 4.98 Å². The minimum Gasteiger partial charge on any atom is -0.355 e. The average molecular weight is 316 g/mol. The maximum absolute atomic E-state index is 11.8. The van der Waals surface area contributed by atoms with Crippen LogP contribution in [0.5, 0.6) is 0 Å². The Hall–Kier alpha value is -1.76. The number of carbonyl (C=O) groups excluding carboxylic acids is 1. The fourth-order valence-corrected chi connectivity index (χ4v) is 3.37. The predicted octanol–water partition coefficient (Wildman–Crippen LogP) is 1.65. The van der Waals surface area contributed by atoms with Crippen LogP contribution >= 0.6 is 11.3 Å². The van der Waals surface area contributed by atoms with Crippen molar-refractivity contribution in [3.63, 3.8) is 0 Å². The molecule has 0 bridgehead atoms. The molecule has 5 nitrogen and oxygen atoms in total. The minimum atomic E-state index is -0.0448. The quantitative estimate of drug-likeness (QED) is 0.900. The van der Waals surface area contributed by atoms with Crippen molar-refractivity contribution in [3.8, 4) is 0 Å². The van der Waals surface area contributed by atoms with Gasteiger partial charge in [0.15, 0.2) is 0 Å². The Balaban J connectivity index is 1.82. The van der Waals surface area contributed by atoms with Crippen LogP contribution in [0.15, 0.2) is 35.2 Å². The number of carbonyl (C=O) groups is 1. The number of thiazole rings is 1. The lowest BCUT2D eigenvalue weighted by Crippen LogP contribution is -2.45. The Bertz CT molecular complexity index is 629. The molecule has 1 aliphatic heterocycles. The van der Waals surface area contributed by atoms with Crippen LogP contribution < -0.4 is 10.6 Å². The predicted molar refractivity (Wildman–Crippen MR) is 88.0 cm³/mol. The molecule has 1 aliphatic rings. The summed E-state index contributed by atoms with van der Waals surface area (Å²) in [6, 6.07) is 8.15. The van der Waals surface area contributed by atoms with E-state index < -0.39 is 0 Å². The normalized spacial score (nSPS) is 19.0. The zero-order valence-corrected chi connectivity index (χ0v) is 13.4. The zero-order chi connectivity index (χ0) is 15.4. The van der Waals surface area contributed by atoms with Crippen molar-refractivity contribution in [1.82, 2.24) is 20.5 Å². The molecule has 0 radical (unpaired) electrons. The molecule has 6 heteroatoms. The summed E-state index contributed by atoms with van der Waals surface area (Å²) < 4.78 is 0. The molecule has 3 rings (SSSR count). The summed E-state index contributed by atoms with van der Waals surface area (Å²) in [6.45, 7) is 3.70. The summed E-state index contributed by atoms with van der Waals surface area (Å²) in [6.07, 6.45) is 0. The first-order valence-electron chi connectivity index (χ1n) is 7.42. The van der Waals surface area contributed by atoms with Crippen molar-refractivity contribution in [3.05, 3.63) is 52.0 Å². The third-order valence-corrected chi connectivity index (χ3v) is 4.60. The van der Waals surface area contributed by atoms with Gasteiger partial charge in [0.25, 0.3) is 5.91 Å². The van der Waals surface area contributed by atoms with E-state index in [0.717, 1.165) is 31.9 Å². The van der Waals surface area contributed by atoms with E-state index in [2.05, 4.69) is 32.0 Å². The van der Waals surface area contributed by atoms with Crippen LogP contribution in [0.25, 0.3) is 0 Å². The Labute approximate surface area is 134 Å². The summed E-state index contributed by atoms with van der Waals surface area (Å²) in [7, 11) is 1.66. The molecule has 1 saturated heterocycles. The molecule has 0 unspecified atom stereocenters. The summed E-state index contributed by atoms with van der Waals surface area (Å²) in [5.74, 6) is -0.0448. The van der Waals surface area contributed by atoms with E-state index in [1.807, 2.05) is 23.7 Å². The number of hydrogen-bond acceptors (Lipinski definition) is 5. The average Bonchev–Trinajstić information content (AvgIpc) is 3.08. The lowest BCUT2D eigenvalue weighted by atomic mass is 10.0. The molecule has 1 fully saturated rings. The highest BCUT2D eigenvalue weighted by molar-refractivity contribution is 7.07. The number of nitrogens with zero attached hydrogens (tertiary/aromatic N) is 2. The standard InChI is InChI=1S/C16H20N4OS/c1-17-16(21)13-4-2-3-12(7-13)15-8-18-5-6-20(15)9-14-10-22-11-19-14/h2-4,7,10-11,15,18H,5-6,8-9H2,1H3,(H,17,21)/t15-/m0/s1. The van der Waals surface area contributed by atoms with Crippen molar-refractivity contribution in [2.75, 3.05) is 26.7 Å². The van der Waals surface area contributed by atoms with Crippen molar-refractivity contribution in [2.24, 2.45) is 0 Å². The molecule has 0 aliphatic carbocycles. The molecular formula is C16H20N4OS. The van der Waals surface area contributed by atoms with Crippen LogP contribution in [-0.4, -0.2) is 42.5 Å². The van der Waals surface area contributed by atoms with Crippen LogP contribution in [0.3, 0.4) is 0 Å². The minimum absolute atomic E-state index is 0.0448. The molecule has 1 aromatic carbocycles. The van der Waals surface area contributed by atoms with E-state index in [0.29, 0.717) is 5.56 Å². The molecule has 2 aromatic rings. The fourth-order valence-electron chi connectivity index (χ4n) is 2.82. The van der Waals surface area contributed by atoms with Crippen molar-refractivity contribution in [2.45, 2.75) is 12.6 Å². The third-order valence-electron chi connectivity index (χ3n) is 3.96. The maximum Gasteiger partial charge on any atom is 0.251 e. The van der Waals surface area contributed by atoms with E-state index in [1.165, 1.54) is 5.56 Å². The number of nitrogens with one attached hydrogen (secondary N) is 2. The Kier molecular flexibility index (Phi) is 4.82. The van der Waals surface area contributed by atoms with Crippen LogP contribution in [0.2, 0.25) is 0 Å². The van der Waals surface area contributed by atoms with Crippen molar-refractivity contribution in [1.29, 1.82) is 0 Å². The van der Waals surface area contributed by atoms with Crippen LogP contribution in [0.1, 0.15) is 27.7 Å². The molecule has 1 aromatic heterocycles. The number of aromatic nitrogens is 1. The highest BCUT2D eigenvalue weighted by Crippen LogP contribution is 2.25. The molecule has 1 amide bonds. The molecule has 116 valence electrons. The van der Waals surface area contributed by atoms with Gasteiger partial charge >= 0.3 is 0 Å². The second kappa shape index (κ2) is 7.00. The maximum atomic E-state index is 11.8. The van der Waals surface area contributed by atoms with Gasteiger partial charge in [-0.3, -0.25) is 9.69 Å². The lowest BCUT2D eigenvalue weighted by Gasteiger charge is -2.36. The number of benzene rings is 1. The first-order valence-corrected chi connectivity index (χ1v) is 8.36. The number of rotatable bonds is 4. The molecule has 22 heavy (non-hydrogen) atoms. The SMILES string of the molecule is CNC(=O)c1cccc([C@@H]2CNCCN2Cc2cscn2)c1. The summed E-state index contributed by atoms with van der Waals surface area (Å²) in [4.78, 5) is 18.7. The van der Waals surface area contributed by atoms with Crippen molar-refractivity contribution >= 4 is 17.2 Å². The van der Waals surface area contributed by atoms with E-state index >= 15 is 0 Å². The highest BCUT2D eigenvalue weighted by Gasteiger charge is 2.24. The van der Waals surface area contributed by atoms with Gasteiger partial charge in [-0.2, -0.15) is 0 Å². The van der Waals surface area contributed by atoms with Crippen LogP contribution in [-0.2, 0) is 6.54 Å². The van der Waals surface area contributed by atoms with Crippen molar-refractivity contribution < 1.29 is 4.79 Å². The van der Waals surface area contributed by atoms with E-state index in [4.69, 9.17) is 0 Å². The monoisotopic (exact) mass is 316 g/mol. The molecule has 0 spiro atoms. The van der Waals surface area contributed by atoms with E-state index in [-0.39, 0.29) is 11.9 Å². The number of amides is 1. The number of hydrogen-bond donors (Lipinski definition) is 2. The Morgan fingerprint density at radius 2 is 2.45 bits per heavy atom. The van der Waals surface area contributed by atoms with Gasteiger partial charge in [0.1, 0.15) is 0 Å². The third kappa shape index (κ3) is 3.35. The summed E-state index contributed by atoms with van der Waals surface area (Å²) in [5, 5.41) is 8.23. The lowest BCUT2D eigenvalue weighted by molar-refractivity contribution is 0.0962. The first kappa shape index (κ1) is 15.1. The van der Waals surface area contributed by atoms with Gasteiger partial charge < -0.3 is 10.6 Å². The van der Waals surface area contributed by atoms with Crippen LogP contribution in [0, 0.1) is 0 Å². The van der Waals surface area contributed by atoms with Crippen LogP contribution in [0.4, 0.5) is 0 Å². The molecule has 0 saturated carbocycles. The largest absolute Gasteiger partial charge is 0.355 e. The smallest absolute Gasteiger partial charge is 0.251 e. The van der Waals surface area contributed by atoms with E-state index in [1.54, 1.807) is 18.4 Å². The van der Waals surface area contributed by atoms with E-state index in [9.17, 15) is 4.79 Å². The Morgan fingerprint density at radius 1 is 1.55 bits per heavy atom. The molecule has 2 heterocycles. The van der Waals surface area contributed by atoms with Gasteiger partial charge in [-0.1, -0.05) is 12.1 Å². The fraction of sp³-hybridized carbons (Fsp3) is 0.375. The summed E-state index contributed by atoms with van der Waals surface area (Å²) >= 11 is 1.63. The number of piperazine rings is 1. The first-order chi connectivity index (χ1) is 10.8. The second-order valence-electron chi connectivity index (χ2n) is 5.37. The molecule has 1 atom stereocenters. The second-order valence-corrected chi connectivity index (χ2v) is 6.09. The highest BCUT2D eigenvalue weighted by atomic mass is 32.1. The Morgan fingerprint density at radius 3 is 3.23 bits per heavy atom. The summed E-state index contributed by atoms with van der Waals surface area (Å²) in [5.41, 5.74) is 4.86. The zero-order valence-electron chi connectivity index (χ0n) is 12.6. The van der Waals surface area contributed by atoms with Gasteiger partial charge in [-0.05, 0) is 17.7 Å². The molecular weight excluding hydrogens is 296 g/mol. The topological polar surface area (TPSA) is 57.3 Å². The van der Waals surface area contributed by atoms with Gasteiger partial charge in [0.2, 0.25) is 0 Å². The van der Waals surface area contributed by atoms with Gasteiger partial charge in [0, 0.05) is 50.2 Å². The van der Waals surface area contributed by atoms with Gasteiger partial charge in [0.05, 0.1) is 11.2 Å².